The van der Waals surface area contributed by atoms with Crippen LogP contribution in [0, 0.1) is 12.3 Å². The zero-order valence-corrected chi connectivity index (χ0v) is 12.8. The molecule has 0 saturated carbocycles. The van der Waals surface area contributed by atoms with Gasteiger partial charge < -0.3 is 15.0 Å². The molecule has 1 fully saturated rings. The third kappa shape index (κ3) is 3.19. The Bertz CT molecular complexity index is 464. The average Bonchev–Trinajstić information content (AvgIpc) is 2.37. The third-order valence-corrected chi connectivity index (χ3v) is 3.93. The summed E-state index contributed by atoms with van der Waals surface area (Å²) < 4.78 is 5.14. The van der Waals surface area contributed by atoms with Gasteiger partial charge in [0.1, 0.15) is 0 Å². The van der Waals surface area contributed by atoms with Crippen LogP contribution in [0.5, 0.6) is 0 Å². The molecule has 0 aliphatic carbocycles. The number of nitrogens with zero attached hydrogens (tertiary/aromatic N) is 1. The minimum Gasteiger partial charge on any atom is -0.379 e. The standard InChI is InChI=1S/C16H24N2O2/c1-12-5-7-13(8-6-12)14(18(3)4)9-17-15(19)16(2)10-20-11-16/h5-8,14H,9-11H2,1-4H3,(H,17,19). The first kappa shape index (κ1) is 15.0. The first-order valence-corrected chi connectivity index (χ1v) is 7.01. The Morgan fingerprint density at radius 2 is 1.95 bits per heavy atom. The summed E-state index contributed by atoms with van der Waals surface area (Å²) in [5, 5.41) is 3.06. The number of nitrogens with one attached hydrogen (secondary N) is 1. The molecular formula is C16H24N2O2. The van der Waals surface area contributed by atoms with Crippen molar-refractivity contribution in [3.63, 3.8) is 0 Å². The molecule has 20 heavy (non-hydrogen) atoms. The summed E-state index contributed by atoms with van der Waals surface area (Å²) >= 11 is 0. The van der Waals surface area contributed by atoms with Crippen LogP contribution in [0.4, 0.5) is 0 Å². The van der Waals surface area contributed by atoms with Crippen molar-refractivity contribution in [3.8, 4) is 0 Å². The van der Waals surface area contributed by atoms with Gasteiger partial charge in [0, 0.05) is 6.54 Å². The van der Waals surface area contributed by atoms with Crippen LogP contribution in [0.1, 0.15) is 24.1 Å². The lowest BCUT2D eigenvalue weighted by atomic mass is 9.87. The molecule has 1 amide bonds. The first-order chi connectivity index (χ1) is 9.42. The highest BCUT2D eigenvalue weighted by Crippen LogP contribution is 2.27. The quantitative estimate of drug-likeness (QED) is 0.891. The molecule has 0 aromatic heterocycles. The first-order valence-electron chi connectivity index (χ1n) is 7.01. The molecule has 2 rings (SSSR count). The van der Waals surface area contributed by atoms with Gasteiger partial charge in [-0.05, 0) is 33.5 Å². The van der Waals surface area contributed by atoms with Gasteiger partial charge >= 0.3 is 0 Å². The molecule has 0 spiro atoms. The molecule has 1 unspecified atom stereocenters. The maximum atomic E-state index is 12.1. The lowest BCUT2D eigenvalue weighted by molar-refractivity contribution is -0.157. The lowest BCUT2D eigenvalue weighted by Gasteiger charge is -2.37. The van der Waals surface area contributed by atoms with Crippen LogP contribution in [-0.2, 0) is 9.53 Å². The minimum absolute atomic E-state index is 0.0858. The maximum absolute atomic E-state index is 12.1. The second-order valence-corrected chi connectivity index (χ2v) is 6.15. The van der Waals surface area contributed by atoms with Gasteiger partial charge in [0.05, 0.1) is 24.7 Å². The third-order valence-electron chi connectivity index (χ3n) is 3.93. The molecule has 0 radical (unpaired) electrons. The Morgan fingerprint density at radius 3 is 2.40 bits per heavy atom. The van der Waals surface area contributed by atoms with Crippen molar-refractivity contribution in [3.05, 3.63) is 35.4 Å². The van der Waals surface area contributed by atoms with E-state index in [4.69, 9.17) is 4.74 Å². The smallest absolute Gasteiger partial charge is 0.230 e. The predicted molar refractivity (Wildman–Crippen MR) is 79.5 cm³/mol. The van der Waals surface area contributed by atoms with Crippen LogP contribution in [0.3, 0.4) is 0 Å². The van der Waals surface area contributed by atoms with E-state index in [1.165, 1.54) is 11.1 Å². The van der Waals surface area contributed by atoms with Gasteiger partial charge in [0.15, 0.2) is 0 Å². The second kappa shape index (κ2) is 5.94. The van der Waals surface area contributed by atoms with E-state index in [2.05, 4.69) is 41.4 Å². The van der Waals surface area contributed by atoms with Crippen molar-refractivity contribution in [1.29, 1.82) is 0 Å². The minimum atomic E-state index is -0.343. The Kier molecular flexibility index (Phi) is 4.45. The number of likely N-dealkylation sites (N-methyl/N-ethyl adjacent to an activating group) is 1. The molecule has 1 heterocycles. The number of carbonyl (C=O) groups excluding carboxylic acids is 1. The number of benzene rings is 1. The molecule has 1 aliphatic rings. The second-order valence-electron chi connectivity index (χ2n) is 6.15. The van der Waals surface area contributed by atoms with E-state index in [0.29, 0.717) is 19.8 Å². The Morgan fingerprint density at radius 1 is 1.35 bits per heavy atom. The van der Waals surface area contributed by atoms with Crippen molar-refractivity contribution >= 4 is 5.91 Å². The van der Waals surface area contributed by atoms with E-state index in [-0.39, 0.29) is 17.4 Å². The molecule has 0 bridgehead atoms. The van der Waals surface area contributed by atoms with Crippen LogP contribution in [0.2, 0.25) is 0 Å². The number of carbonyl (C=O) groups is 1. The number of hydrogen-bond donors (Lipinski definition) is 1. The Balaban J connectivity index is 1.99. The number of rotatable bonds is 5. The maximum Gasteiger partial charge on any atom is 0.230 e. The van der Waals surface area contributed by atoms with Crippen molar-refractivity contribution in [2.45, 2.75) is 19.9 Å². The van der Waals surface area contributed by atoms with Crippen molar-refractivity contribution in [1.82, 2.24) is 10.2 Å². The number of amides is 1. The zero-order chi connectivity index (χ0) is 14.8. The van der Waals surface area contributed by atoms with Gasteiger partial charge in [0.25, 0.3) is 0 Å². The normalized spacial score (nSPS) is 18.4. The molecular weight excluding hydrogens is 252 g/mol. The topological polar surface area (TPSA) is 41.6 Å². The summed E-state index contributed by atoms with van der Waals surface area (Å²) in [4.78, 5) is 14.3. The van der Waals surface area contributed by atoms with Gasteiger partial charge in [-0.15, -0.1) is 0 Å². The monoisotopic (exact) mass is 276 g/mol. The van der Waals surface area contributed by atoms with Gasteiger partial charge in [-0.1, -0.05) is 29.8 Å². The predicted octanol–water partition coefficient (Wildman–Crippen LogP) is 1.75. The summed E-state index contributed by atoms with van der Waals surface area (Å²) in [6.07, 6.45) is 0. The summed E-state index contributed by atoms with van der Waals surface area (Å²) in [7, 11) is 4.07. The van der Waals surface area contributed by atoms with Crippen LogP contribution < -0.4 is 5.32 Å². The molecule has 4 heteroatoms. The van der Waals surface area contributed by atoms with Crippen LogP contribution in [-0.4, -0.2) is 44.7 Å². The largest absolute Gasteiger partial charge is 0.379 e. The van der Waals surface area contributed by atoms with Gasteiger partial charge in [-0.2, -0.15) is 0 Å². The van der Waals surface area contributed by atoms with Crippen LogP contribution >= 0.6 is 0 Å². The lowest BCUT2D eigenvalue weighted by Crippen LogP contribution is -2.53. The fraction of sp³-hybridized carbons (Fsp3) is 0.562. The highest BCUT2D eigenvalue weighted by Gasteiger charge is 2.41. The van der Waals surface area contributed by atoms with Crippen molar-refractivity contribution < 1.29 is 9.53 Å². The van der Waals surface area contributed by atoms with Crippen molar-refractivity contribution in [2.24, 2.45) is 5.41 Å². The van der Waals surface area contributed by atoms with E-state index >= 15 is 0 Å². The summed E-state index contributed by atoms with van der Waals surface area (Å²) in [5.74, 6) is 0.0858. The number of hydrogen-bond acceptors (Lipinski definition) is 3. The molecule has 4 nitrogen and oxygen atoms in total. The fourth-order valence-electron chi connectivity index (χ4n) is 2.33. The summed E-state index contributed by atoms with van der Waals surface area (Å²) in [5.41, 5.74) is 2.12. The van der Waals surface area contributed by atoms with E-state index < -0.39 is 0 Å². The zero-order valence-electron chi connectivity index (χ0n) is 12.8. The van der Waals surface area contributed by atoms with Gasteiger partial charge in [-0.25, -0.2) is 0 Å². The Labute approximate surface area is 121 Å². The molecule has 1 saturated heterocycles. The van der Waals surface area contributed by atoms with Crippen LogP contribution in [0.15, 0.2) is 24.3 Å². The van der Waals surface area contributed by atoms with Crippen molar-refractivity contribution in [2.75, 3.05) is 33.9 Å². The molecule has 1 N–H and O–H groups in total. The molecule has 1 aromatic carbocycles. The van der Waals surface area contributed by atoms with Crippen LogP contribution in [0.25, 0.3) is 0 Å². The summed E-state index contributed by atoms with van der Waals surface area (Å²) in [6.45, 7) is 5.69. The van der Waals surface area contributed by atoms with E-state index in [0.717, 1.165) is 0 Å². The molecule has 1 aromatic rings. The molecule has 110 valence electrons. The van der Waals surface area contributed by atoms with Gasteiger partial charge in [0.2, 0.25) is 5.91 Å². The fourth-order valence-corrected chi connectivity index (χ4v) is 2.33. The Hall–Kier alpha value is -1.39. The molecule has 1 atom stereocenters. The number of ether oxygens (including phenoxy) is 1. The number of aryl methyl sites for hydroxylation is 1. The molecule has 1 aliphatic heterocycles. The summed E-state index contributed by atoms with van der Waals surface area (Å²) in [6, 6.07) is 8.65. The van der Waals surface area contributed by atoms with E-state index in [9.17, 15) is 4.79 Å². The highest BCUT2D eigenvalue weighted by molar-refractivity contribution is 5.83. The van der Waals surface area contributed by atoms with E-state index in [1.807, 2.05) is 21.0 Å². The van der Waals surface area contributed by atoms with E-state index in [1.54, 1.807) is 0 Å². The SMILES string of the molecule is Cc1ccc(C(CNC(=O)C2(C)COC2)N(C)C)cc1. The van der Waals surface area contributed by atoms with Gasteiger partial charge in [-0.3, -0.25) is 4.79 Å². The highest BCUT2D eigenvalue weighted by atomic mass is 16.5. The average molecular weight is 276 g/mol.